The number of benzene rings is 1. The molecule has 130 valence electrons. The maximum absolute atomic E-state index is 12.5. The quantitative estimate of drug-likeness (QED) is 0.673. The van der Waals surface area contributed by atoms with E-state index in [1.54, 1.807) is 23.5 Å². The number of halogens is 1. The first-order valence-electron chi connectivity index (χ1n) is 8.41. The zero-order valence-corrected chi connectivity index (χ0v) is 17.1. The Morgan fingerprint density at radius 2 is 2.00 bits per heavy atom. The second-order valence-electron chi connectivity index (χ2n) is 7.59. The van der Waals surface area contributed by atoms with Gasteiger partial charge >= 0.3 is 0 Å². The highest BCUT2D eigenvalue weighted by molar-refractivity contribution is 9.10. The number of anilines is 1. The summed E-state index contributed by atoms with van der Waals surface area (Å²) in [5.41, 5.74) is 2.64. The van der Waals surface area contributed by atoms with Gasteiger partial charge in [-0.3, -0.25) is 4.79 Å². The van der Waals surface area contributed by atoms with Gasteiger partial charge in [0.05, 0.1) is 5.56 Å². The average Bonchev–Trinajstić information content (AvgIpc) is 2.90. The predicted octanol–water partition coefficient (Wildman–Crippen LogP) is 5.79. The van der Waals surface area contributed by atoms with E-state index in [2.05, 4.69) is 48.1 Å². The number of nitrogens with one attached hydrogen (secondary N) is 1. The van der Waals surface area contributed by atoms with Gasteiger partial charge in [-0.05, 0) is 60.4 Å². The van der Waals surface area contributed by atoms with Crippen molar-refractivity contribution in [3.63, 3.8) is 0 Å². The molecule has 1 aliphatic rings. The van der Waals surface area contributed by atoms with Gasteiger partial charge in [0.15, 0.2) is 0 Å². The molecule has 1 atom stereocenters. The summed E-state index contributed by atoms with van der Waals surface area (Å²) in [4.78, 5) is 13.8. The molecule has 1 amide bonds. The number of nitrogens with zero attached hydrogens (tertiary/aromatic N) is 1. The van der Waals surface area contributed by atoms with Gasteiger partial charge < -0.3 is 5.32 Å². The molecule has 3 rings (SSSR count). The lowest BCUT2D eigenvalue weighted by atomic mass is 9.72. The molecule has 1 aliphatic carbocycles. The van der Waals surface area contributed by atoms with Crippen molar-refractivity contribution in [2.75, 3.05) is 5.32 Å². The van der Waals surface area contributed by atoms with Gasteiger partial charge in [0.1, 0.15) is 11.1 Å². The highest BCUT2D eigenvalue weighted by Gasteiger charge is 2.32. The first-order valence-corrected chi connectivity index (χ1v) is 10.0. The molecule has 5 heteroatoms. The van der Waals surface area contributed by atoms with Gasteiger partial charge in [-0.25, -0.2) is 0 Å². The zero-order chi connectivity index (χ0) is 18.2. The van der Waals surface area contributed by atoms with E-state index in [1.165, 1.54) is 4.88 Å². The molecule has 0 saturated carbocycles. The summed E-state index contributed by atoms with van der Waals surface area (Å²) in [6, 6.07) is 9.54. The second kappa shape index (κ2) is 6.93. The molecule has 0 saturated heterocycles. The van der Waals surface area contributed by atoms with Gasteiger partial charge in [0.25, 0.3) is 5.91 Å². The molecule has 1 aromatic carbocycles. The maximum atomic E-state index is 12.5. The smallest absolute Gasteiger partial charge is 0.256 e. The summed E-state index contributed by atoms with van der Waals surface area (Å²) >= 11 is 4.94. The molecule has 0 radical (unpaired) electrons. The Morgan fingerprint density at radius 1 is 1.32 bits per heavy atom. The van der Waals surface area contributed by atoms with E-state index in [0.717, 1.165) is 29.3 Å². The lowest BCUT2D eigenvalue weighted by Crippen LogP contribution is -2.26. The molecule has 1 aromatic heterocycles. The van der Waals surface area contributed by atoms with Crippen molar-refractivity contribution in [1.29, 1.82) is 5.26 Å². The van der Waals surface area contributed by atoms with Crippen LogP contribution in [-0.4, -0.2) is 5.91 Å². The summed E-state index contributed by atoms with van der Waals surface area (Å²) in [5.74, 6) is 0.440. The van der Waals surface area contributed by atoms with Crippen LogP contribution in [0.3, 0.4) is 0 Å². The third-order valence-corrected chi connectivity index (χ3v) is 6.63. The summed E-state index contributed by atoms with van der Waals surface area (Å²) in [5, 5.41) is 13.2. The standard InChI is InChI=1S/C20H21BrN2OS/c1-20(2,3)13-6-9-15-16(11-22)19(25-17(15)10-13)23-18(24)12-4-7-14(21)8-5-12/h4-5,7-8,13H,6,9-10H2,1-3H3,(H,23,24)/t13-/m0/s1. The number of carbonyl (C=O) groups excluding carboxylic acids is 1. The van der Waals surface area contributed by atoms with Gasteiger partial charge in [-0.2, -0.15) is 5.26 Å². The van der Waals surface area contributed by atoms with Gasteiger partial charge in [0.2, 0.25) is 0 Å². The van der Waals surface area contributed by atoms with E-state index in [0.29, 0.717) is 22.0 Å². The lowest BCUT2D eigenvalue weighted by Gasteiger charge is -2.33. The van der Waals surface area contributed by atoms with Crippen LogP contribution in [0.4, 0.5) is 5.00 Å². The Hall–Kier alpha value is -1.64. The van der Waals surface area contributed by atoms with Crippen LogP contribution in [0.1, 0.15) is 53.6 Å². The monoisotopic (exact) mass is 416 g/mol. The maximum Gasteiger partial charge on any atom is 0.256 e. The molecule has 1 N–H and O–H groups in total. The minimum atomic E-state index is -0.171. The molecule has 1 heterocycles. The number of thiophene rings is 1. The van der Waals surface area contributed by atoms with Crippen LogP contribution in [0.25, 0.3) is 0 Å². The molecular formula is C20H21BrN2OS. The van der Waals surface area contributed by atoms with E-state index in [-0.39, 0.29) is 11.3 Å². The minimum Gasteiger partial charge on any atom is -0.312 e. The van der Waals surface area contributed by atoms with E-state index in [9.17, 15) is 10.1 Å². The highest BCUT2D eigenvalue weighted by Crippen LogP contribution is 2.44. The molecule has 0 unspecified atom stereocenters. The fourth-order valence-electron chi connectivity index (χ4n) is 3.31. The molecule has 0 bridgehead atoms. The number of fused-ring (bicyclic) bond motifs is 1. The second-order valence-corrected chi connectivity index (χ2v) is 9.61. The molecular weight excluding hydrogens is 396 g/mol. The SMILES string of the molecule is CC(C)(C)[C@H]1CCc2c(sc(NC(=O)c3ccc(Br)cc3)c2C#N)C1. The first-order chi connectivity index (χ1) is 11.8. The van der Waals surface area contributed by atoms with Crippen LogP contribution in [0.15, 0.2) is 28.7 Å². The minimum absolute atomic E-state index is 0.171. The summed E-state index contributed by atoms with van der Waals surface area (Å²) in [6.07, 6.45) is 3.01. The predicted molar refractivity (Wildman–Crippen MR) is 106 cm³/mol. The molecule has 0 fully saturated rings. The fourth-order valence-corrected chi connectivity index (χ4v) is 4.85. The Labute approximate surface area is 161 Å². The Morgan fingerprint density at radius 3 is 2.60 bits per heavy atom. The number of hydrogen-bond donors (Lipinski definition) is 1. The zero-order valence-electron chi connectivity index (χ0n) is 14.6. The topological polar surface area (TPSA) is 52.9 Å². The molecule has 0 spiro atoms. The molecule has 0 aliphatic heterocycles. The van der Waals surface area contributed by atoms with Crippen molar-refractivity contribution in [1.82, 2.24) is 0 Å². The van der Waals surface area contributed by atoms with Gasteiger partial charge in [0, 0.05) is 14.9 Å². The lowest BCUT2D eigenvalue weighted by molar-refractivity contribution is 0.102. The van der Waals surface area contributed by atoms with Gasteiger partial charge in [-0.15, -0.1) is 11.3 Å². The van der Waals surface area contributed by atoms with Crippen LogP contribution in [0.5, 0.6) is 0 Å². The average molecular weight is 417 g/mol. The van der Waals surface area contributed by atoms with Gasteiger partial charge in [-0.1, -0.05) is 36.7 Å². The van der Waals surface area contributed by atoms with Crippen LogP contribution < -0.4 is 5.32 Å². The Kier molecular flexibility index (Phi) is 5.04. The van der Waals surface area contributed by atoms with Crippen molar-refractivity contribution in [3.05, 3.63) is 50.3 Å². The van der Waals surface area contributed by atoms with Crippen molar-refractivity contribution in [3.8, 4) is 6.07 Å². The summed E-state index contributed by atoms with van der Waals surface area (Å²) in [7, 11) is 0. The van der Waals surface area contributed by atoms with Crippen molar-refractivity contribution >= 4 is 38.2 Å². The van der Waals surface area contributed by atoms with Crippen LogP contribution in [0.2, 0.25) is 0 Å². The Bertz CT molecular complexity index is 840. The number of nitriles is 1. The van der Waals surface area contributed by atoms with Crippen LogP contribution in [0, 0.1) is 22.7 Å². The van der Waals surface area contributed by atoms with Crippen molar-refractivity contribution in [2.45, 2.75) is 40.0 Å². The highest BCUT2D eigenvalue weighted by atomic mass is 79.9. The largest absolute Gasteiger partial charge is 0.312 e. The number of rotatable bonds is 2. The fraction of sp³-hybridized carbons (Fsp3) is 0.400. The van der Waals surface area contributed by atoms with E-state index < -0.39 is 0 Å². The van der Waals surface area contributed by atoms with E-state index in [4.69, 9.17) is 0 Å². The van der Waals surface area contributed by atoms with E-state index in [1.807, 2.05) is 12.1 Å². The molecule has 2 aromatic rings. The van der Waals surface area contributed by atoms with Crippen molar-refractivity contribution < 1.29 is 4.79 Å². The normalized spacial score (nSPS) is 16.8. The van der Waals surface area contributed by atoms with Crippen LogP contribution in [-0.2, 0) is 12.8 Å². The Balaban J connectivity index is 1.86. The third kappa shape index (κ3) is 3.80. The number of amides is 1. The molecule has 3 nitrogen and oxygen atoms in total. The van der Waals surface area contributed by atoms with Crippen LogP contribution >= 0.6 is 27.3 Å². The first kappa shape index (κ1) is 18.2. The van der Waals surface area contributed by atoms with E-state index >= 15 is 0 Å². The molecule has 25 heavy (non-hydrogen) atoms. The summed E-state index contributed by atoms with van der Waals surface area (Å²) in [6.45, 7) is 6.83. The number of hydrogen-bond acceptors (Lipinski definition) is 3. The number of carbonyl (C=O) groups is 1. The summed E-state index contributed by atoms with van der Waals surface area (Å²) < 4.78 is 0.932. The third-order valence-electron chi connectivity index (χ3n) is 4.94. The van der Waals surface area contributed by atoms with Crippen molar-refractivity contribution in [2.24, 2.45) is 11.3 Å².